The number of aromatic nitrogens is 5. The topological polar surface area (TPSA) is 78.9 Å². The summed E-state index contributed by atoms with van der Waals surface area (Å²) in [5, 5.41) is 14.0. The average Bonchev–Trinajstić information content (AvgIpc) is 3.27. The van der Waals surface area contributed by atoms with Crippen molar-refractivity contribution in [1.29, 1.82) is 0 Å². The zero-order valence-corrected chi connectivity index (χ0v) is 17.6. The molecule has 0 radical (unpaired) electrons. The molecule has 1 aromatic carbocycles. The summed E-state index contributed by atoms with van der Waals surface area (Å²) in [7, 11) is 0. The van der Waals surface area contributed by atoms with Crippen molar-refractivity contribution >= 4 is 23.4 Å². The quantitative estimate of drug-likeness (QED) is 0.387. The summed E-state index contributed by atoms with van der Waals surface area (Å²) in [6.07, 6.45) is 1.80. The fraction of sp³-hybridized carbons (Fsp3) is 0.368. The lowest BCUT2D eigenvalue weighted by Gasteiger charge is -2.10. The Morgan fingerprint density at radius 1 is 1.25 bits per heavy atom. The van der Waals surface area contributed by atoms with Gasteiger partial charge in [-0.2, -0.15) is 4.98 Å². The van der Waals surface area contributed by atoms with Gasteiger partial charge in [-0.3, -0.25) is 4.57 Å². The van der Waals surface area contributed by atoms with Gasteiger partial charge in [-0.25, -0.2) is 0 Å². The van der Waals surface area contributed by atoms with Crippen LogP contribution in [0.3, 0.4) is 0 Å². The predicted molar refractivity (Wildman–Crippen MR) is 109 cm³/mol. The molecule has 3 aromatic rings. The van der Waals surface area contributed by atoms with Gasteiger partial charge < -0.3 is 9.26 Å². The largest absolute Gasteiger partial charge is 0.486 e. The molecular formula is C19H22ClN5O2S. The van der Waals surface area contributed by atoms with E-state index in [1.165, 1.54) is 11.8 Å². The molecule has 2 heterocycles. The van der Waals surface area contributed by atoms with Crippen molar-refractivity contribution in [2.45, 2.75) is 50.2 Å². The normalized spacial score (nSPS) is 11.6. The molecule has 9 heteroatoms. The third-order valence-corrected chi connectivity index (χ3v) is 4.95. The number of thioether (sulfide) groups is 1. The molecular weight excluding hydrogens is 398 g/mol. The van der Waals surface area contributed by atoms with Gasteiger partial charge in [0.2, 0.25) is 5.89 Å². The molecule has 0 aliphatic heterocycles. The fourth-order valence-corrected chi connectivity index (χ4v) is 3.20. The standard InChI is InChI=1S/C19H22ClN5O2S/c1-5-10-25-15(11-26-14-8-6-13(20)7-9-14)22-23-18(25)28-12-16-21-17(24-27-16)19(2,3)4/h5-9H,1,10-12H2,2-4H3. The molecule has 0 fully saturated rings. The lowest BCUT2D eigenvalue weighted by molar-refractivity contribution is 0.289. The van der Waals surface area contributed by atoms with Crippen LogP contribution >= 0.6 is 23.4 Å². The molecule has 0 unspecified atom stereocenters. The fourth-order valence-electron chi connectivity index (χ4n) is 2.27. The molecule has 0 aliphatic carbocycles. The minimum Gasteiger partial charge on any atom is -0.486 e. The highest BCUT2D eigenvalue weighted by Gasteiger charge is 2.21. The molecule has 7 nitrogen and oxygen atoms in total. The highest BCUT2D eigenvalue weighted by molar-refractivity contribution is 7.98. The smallest absolute Gasteiger partial charge is 0.237 e. The zero-order chi connectivity index (χ0) is 20.1. The zero-order valence-electron chi connectivity index (χ0n) is 16.1. The molecule has 0 atom stereocenters. The van der Waals surface area contributed by atoms with Crippen molar-refractivity contribution in [3.63, 3.8) is 0 Å². The van der Waals surface area contributed by atoms with Crippen LogP contribution in [-0.2, 0) is 24.3 Å². The van der Waals surface area contributed by atoms with E-state index in [1.54, 1.807) is 18.2 Å². The molecule has 0 saturated carbocycles. The maximum atomic E-state index is 5.90. The van der Waals surface area contributed by atoms with E-state index in [0.29, 0.717) is 40.6 Å². The molecule has 28 heavy (non-hydrogen) atoms. The Balaban J connectivity index is 1.67. The van der Waals surface area contributed by atoms with E-state index < -0.39 is 0 Å². The van der Waals surface area contributed by atoms with Crippen LogP contribution in [0.2, 0.25) is 5.02 Å². The van der Waals surface area contributed by atoms with E-state index in [0.717, 1.165) is 5.16 Å². The lowest BCUT2D eigenvalue weighted by Crippen LogP contribution is -2.13. The first kappa shape index (κ1) is 20.4. The van der Waals surface area contributed by atoms with E-state index in [1.807, 2.05) is 37.5 Å². The van der Waals surface area contributed by atoms with Crippen molar-refractivity contribution in [2.24, 2.45) is 0 Å². The minimum atomic E-state index is -0.151. The van der Waals surface area contributed by atoms with Gasteiger partial charge in [0.1, 0.15) is 12.4 Å². The number of rotatable bonds is 8. The third kappa shape index (κ3) is 5.14. The summed E-state index contributed by atoms with van der Waals surface area (Å²) in [5.41, 5.74) is -0.151. The summed E-state index contributed by atoms with van der Waals surface area (Å²) in [4.78, 5) is 4.45. The van der Waals surface area contributed by atoms with E-state index in [4.69, 9.17) is 20.9 Å². The van der Waals surface area contributed by atoms with Crippen LogP contribution < -0.4 is 4.74 Å². The Morgan fingerprint density at radius 2 is 2.00 bits per heavy atom. The van der Waals surface area contributed by atoms with Crippen molar-refractivity contribution in [3.8, 4) is 5.75 Å². The molecule has 0 N–H and O–H groups in total. The summed E-state index contributed by atoms with van der Waals surface area (Å²) in [6.45, 7) is 10.8. The van der Waals surface area contributed by atoms with Gasteiger partial charge in [-0.1, -0.05) is 55.4 Å². The molecule has 0 aliphatic rings. The summed E-state index contributed by atoms with van der Waals surface area (Å²) in [6, 6.07) is 7.19. The van der Waals surface area contributed by atoms with Gasteiger partial charge in [0.05, 0.1) is 5.75 Å². The minimum absolute atomic E-state index is 0.151. The van der Waals surface area contributed by atoms with E-state index in [9.17, 15) is 0 Å². The number of ether oxygens (including phenoxy) is 1. The van der Waals surface area contributed by atoms with Crippen LogP contribution in [0.1, 0.15) is 38.3 Å². The first-order valence-corrected chi connectivity index (χ1v) is 10.1. The molecule has 3 rings (SSSR count). The maximum Gasteiger partial charge on any atom is 0.237 e. The van der Waals surface area contributed by atoms with Crippen LogP contribution in [-0.4, -0.2) is 24.9 Å². The number of halogens is 1. The van der Waals surface area contributed by atoms with Crippen LogP contribution in [0, 0.1) is 0 Å². The van der Waals surface area contributed by atoms with Gasteiger partial charge in [0, 0.05) is 17.0 Å². The van der Waals surface area contributed by atoms with Crippen LogP contribution in [0.4, 0.5) is 0 Å². The van der Waals surface area contributed by atoms with Gasteiger partial charge in [-0.05, 0) is 24.3 Å². The van der Waals surface area contributed by atoms with Crippen LogP contribution in [0.15, 0.2) is 46.6 Å². The van der Waals surface area contributed by atoms with E-state index in [2.05, 4.69) is 26.9 Å². The van der Waals surface area contributed by atoms with Crippen molar-refractivity contribution in [3.05, 3.63) is 59.5 Å². The number of hydrogen-bond donors (Lipinski definition) is 0. The highest BCUT2D eigenvalue weighted by Crippen LogP contribution is 2.24. The van der Waals surface area contributed by atoms with Gasteiger partial charge in [-0.15, -0.1) is 16.8 Å². The average molecular weight is 420 g/mol. The first-order valence-electron chi connectivity index (χ1n) is 8.74. The van der Waals surface area contributed by atoms with E-state index >= 15 is 0 Å². The Labute approximate surface area is 173 Å². The molecule has 2 aromatic heterocycles. The summed E-state index contributed by atoms with van der Waals surface area (Å²) in [5.74, 6) is 3.18. The van der Waals surface area contributed by atoms with Crippen molar-refractivity contribution in [1.82, 2.24) is 24.9 Å². The Kier molecular flexibility index (Phi) is 6.41. The molecule has 0 bridgehead atoms. The molecule has 148 valence electrons. The number of allylic oxidation sites excluding steroid dienone is 1. The third-order valence-electron chi connectivity index (χ3n) is 3.75. The van der Waals surface area contributed by atoms with Gasteiger partial charge in [0.25, 0.3) is 0 Å². The molecule has 0 amide bonds. The van der Waals surface area contributed by atoms with E-state index in [-0.39, 0.29) is 12.0 Å². The second-order valence-corrected chi connectivity index (χ2v) is 8.47. The van der Waals surface area contributed by atoms with Gasteiger partial charge in [0.15, 0.2) is 16.8 Å². The molecule has 0 saturated heterocycles. The van der Waals surface area contributed by atoms with Crippen LogP contribution in [0.25, 0.3) is 0 Å². The van der Waals surface area contributed by atoms with Crippen LogP contribution in [0.5, 0.6) is 5.75 Å². The van der Waals surface area contributed by atoms with Crippen molar-refractivity contribution in [2.75, 3.05) is 0 Å². The SMILES string of the molecule is C=CCn1c(COc2ccc(Cl)cc2)nnc1SCc1nc(C(C)(C)C)no1. The predicted octanol–water partition coefficient (Wildman–Crippen LogP) is 4.67. The summed E-state index contributed by atoms with van der Waals surface area (Å²) < 4.78 is 13.1. The molecule has 0 spiro atoms. The number of nitrogens with zero attached hydrogens (tertiary/aromatic N) is 5. The summed E-state index contributed by atoms with van der Waals surface area (Å²) >= 11 is 7.38. The Hall–Kier alpha value is -2.32. The second kappa shape index (κ2) is 8.79. The number of hydrogen-bond acceptors (Lipinski definition) is 7. The Morgan fingerprint density at radius 3 is 2.64 bits per heavy atom. The number of benzene rings is 1. The van der Waals surface area contributed by atoms with Crippen molar-refractivity contribution < 1.29 is 9.26 Å². The van der Waals surface area contributed by atoms with Gasteiger partial charge >= 0.3 is 0 Å². The second-order valence-electron chi connectivity index (χ2n) is 7.09. The lowest BCUT2D eigenvalue weighted by atomic mass is 9.96. The monoisotopic (exact) mass is 419 g/mol. The maximum absolute atomic E-state index is 5.90. The Bertz CT molecular complexity index is 931. The first-order chi connectivity index (χ1) is 13.4. The highest BCUT2D eigenvalue weighted by atomic mass is 35.5.